The maximum Gasteiger partial charge on any atom is 0.303 e. The third kappa shape index (κ3) is 4.93. The number of carboxylic acid groups (broad SMARTS) is 1. The van der Waals surface area contributed by atoms with Crippen LogP contribution in [0.15, 0.2) is 66.5 Å². The lowest BCUT2D eigenvalue weighted by Gasteiger charge is -2.20. The molecule has 0 bridgehead atoms. The Kier molecular flexibility index (Phi) is 6.54. The molecule has 2 unspecified atom stereocenters. The lowest BCUT2D eigenvalue weighted by Crippen LogP contribution is -2.05. The molecule has 35 heavy (non-hydrogen) atoms. The number of hydrogen-bond acceptors (Lipinski definition) is 3. The first-order valence-electron chi connectivity index (χ1n) is 11.8. The molecule has 0 spiro atoms. The summed E-state index contributed by atoms with van der Waals surface area (Å²) in [7, 11) is 0. The number of benzene rings is 2. The average molecular weight is 489 g/mol. The summed E-state index contributed by atoms with van der Waals surface area (Å²) >= 11 is 6.55. The van der Waals surface area contributed by atoms with Gasteiger partial charge in [0.15, 0.2) is 0 Å². The van der Waals surface area contributed by atoms with E-state index in [0.29, 0.717) is 23.9 Å². The number of halogens is 2. The minimum absolute atomic E-state index is 0.0933. The highest BCUT2D eigenvalue weighted by Crippen LogP contribution is 2.44. The van der Waals surface area contributed by atoms with Gasteiger partial charge in [-0.15, -0.1) is 0 Å². The number of carbonyl (C=O) groups is 1. The van der Waals surface area contributed by atoms with E-state index in [1.54, 1.807) is 6.07 Å². The number of nitrogens with zero attached hydrogens (tertiary/aromatic N) is 1. The molecule has 3 aromatic rings. The molecule has 5 rings (SSSR count). The predicted octanol–water partition coefficient (Wildman–Crippen LogP) is 6.19. The van der Waals surface area contributed by atoms with Gasteiger partial charge in [0.1, 0.15) is 5.82 Å². The number of aliphatic carboxylic acids is 1. The minimum Gasteiger partial charge on any atom is -0.481 e. The van der Waals surface area contributed by atoms with E-state index < -0.39 is 5.97 Å². The zero-order valence-electron chi connectivity index (χ0n) is 19.4. The molecule has 1 saturated heterocycles. The van der Waals surface area contributed by atoms with Crippen molar-refractivity contribution in [2.45, 2.75) is 44.7 Å². The predicted molar refractivity (Wildman–Crippen MR) is 138 cm³/mol. The lowest BCUT2D eigenvalue weighted by molar-refractivity contribution is -0.136. The fraction of sp³-hybridized carbons (Fsp3) is 0.241. The number of allylic oxidation sites excluding steroid dienone is 1. The van der Waals surface area contributed by atoms with Crippen LogP contribution in [0.2, 0.25) is 5.02 Å². The Morgan fingerprint density at radius 3 is 2.71 bits per heavy atom. The molecule has 2 atom stereocenters. The van der Waals surface area contributed by atoms with E-state index in [0.717, 1.165) is 45.4 Å². The van der Waals surface area contributed by atoms with E-state index in [1.165, 1.54) is 17.7 Å². The van der Waals surface area contributed by atoms with Crippen molar-refractivity contribution >= 4 is 34.8 Å². The van der Waals surface area contributed by atoms with Gasteiger partial charge in [-0.3, -0.25) is 9.78 Å². The summed E-state index contributed by atoms with van der Waals surface area (Å²) in [6, 6.07) is 15.2. The van der Waals surface area contributed by atoms with Crippen molar-refractivity contribution < 1.29 is 14.3 Å². The van der Waals surface area contributed by atoms with Gasteiger partial charge >= 0.3 is 5.97 Å². The van der Waals surface area contributed by atoms with E-state index in [-0.39, 0.29) is 18.3 Å². The van der Waals surface area contributed by atoms with Gasteiger partial charge in [-0.1, -0.05) is 48.9 Å². The molecule has 0 saturated carbocycles. The van der Waals surface area contributed by atoms with E-state index >= 15 is 0 Å². The molecule has 0 amide bonds. The van der Waals surface area contributed by atoms with Crippen molar-refractivity contribution in [1.82, 2.24) is 10.3 Å². The molecule has 2 heterocycles. The summed E-state index contributed by atoms with van der Waals surface area (Å²) in [5.74, 6) is -1.17. The van der Waals surface area contributed by atoms with Gasteiger partial charge in [-0.2, -0.15) is 0 Å². The molecule has 2 aliphatic rings. The van der Waals surface area contributed by atoms with E-state index in [4.69, 9.17) is 16.7 Å². The highest BCUT2D eigenvalue weighted by Gasteiger charge is 2.42. The Morgan fingerprint density at radius 1 is 1.20 bits per heavy atom. The molecule has 0 radical (unpaired) electrons. The van der Waals surface area contributed by atoms with E-state index in [9.17, 15) is 9.18 Å². The first-order valence-corrected chi connectivity index (χ1v) is 12.2. The highest BCUT2D eigenvalue weighted by molar-refractivity contribution is 6.32. The standard InChI is InChI=1S/C29H26ClFN2O2/c1-2-22(23-9-8-21(31)15-25(23)30)28(18-6-3-17(4-7-18)5-10-27(34)35)24-13-20-16-32-12-11-19(20)14-26-29(24)33-26/h3-4,6-9,11-13,15-16,26,29,33H,2,5,10,14H2,1H3,(H,34,35)/b28-22+. The number of pyridine rings is 1. The monoisotopic (exact) mass is 488 g/mol. The van der Waals surface area contributed by atoms with Gasteiger partial charge in [0.25, 0.3) is 0 Å². The summed E-state index contributed by atoms with van der Waals surface area (Å²) in [4.78, 5) is 15.4. The van der Waals surface area contributed by atoms with Crippen LogP contribution in [-0.4, -0.2) is 28.1 Å². The molecule has 2 aromatic carbocycles. The van der Waals surface area contributed by atoms with Crippen LogP contribution < -0.4 is 5.32 Å². The highest BCUT2D eigenvalue weighted by atomic mass is 35.5. The summed E-state index contributed by atoms with van der Waals surface area (Å²) in [5, 5.41) is 13.1. The van der Waals surface area contributed by atoms with Crippen LogP contribution in [0, 0.1) is 5.82 Å². The fourth-order valence-corrected chi connectivity index (χ4v) is 5.25. The SMILES string of the molecule is CC/C(=C(\C1=Cc2cnccc2CC2NC12)c1ccc(CCC(=O)O)cc1)c1ccc(F)cc1Cl. The van der Waals surface area contributed by atoms with Gasteiger partial charge in [-0.25, -0.2) is 4.39 Å². The van der Waals surface area contributed by atoms with Crippen molar-refractivity contribution in [3.8, 4) is 0 Å². The smallest absolute Gasteiger partial charge is 0.303 e. The lowest BCUT2D eigenvalue weighted by atomic mass is 9.85. The third-order valence-corrected chi connectivity index (χ3v) is 7.10. The van der Waals surface area contributed by atoms with Crippen LogP contribution in [-0.2, 0) is 17.6 Å². The third-order valence-electron chi connectivity index (χ3n) is 6.79. The van der Waals surface area contributed by atoms with Crippen LogP contribution in [0.25, 0.3) is 17.2 Å². The van der Waals surface area contributed by atoms with Crippen LogP contribution in [0.3, 0.4) is 0 Å². The Balaban J connectivity index is 1.69. The molecule has 1 aliphatic carbocycles. The van der Waals surface area contributed by atoms with Gasteiger partial charge in [0, 0.05) is 30.9 Å². The Morgan fingerprint density at radius 2 is 2.00 bits per heavy atom. The number of nitrogens with one attached hydrogen (secondary N) is 1. The summed E-state index contributed by atoms with van der Waals surface area (Å²) in [5.41, 5.74) is 8.45. The fourth-order valence-electron chi connectivity index (χ4n) is 4.97. The molecule has 6 heteroatoms. The van der Waals surface area contributed by atoms with Gasteiger partial charge < -0.3 is 10.4 Å². The minimum atomic E-state index is -0.810. The first-order chi connectivity index (χ1) is 16.9. The molecular formula is C29H26ClFN2O2. The van der Waals surface area contributed by atoms with Gasteiger partial charge in [0.05, 0.1) is 5.02 Å². The first kappa shape index (κ1) is 23.5. The van der Waals surface area contributed by atoms with Crippen LogP contribution in [0.5, 0.6) is 0 Å². The molecule has 1 fully saturated rings. The van der Waals surface area contributed by atoms with Gasteiger partial charge in [0.2, 0.25) is 0 Å². The number of carboxylic acids is 1. The maximum absolute atomic E-state index is 13.9. The largest absolute Gasteiger partial charge is 0.481 e. The number of aromatic nitrogens is 1. The quantitative estimate of drug-likeness (QED) is 0.307. The molecule has 178 valence electrons. The normalized spacial score (nSPS) is 19.1. The zero-order chi connectivity index (χ0) is 24.5. The van der Waals surface area contributed by atoms with Crippen molar-refractivity contribution in [2.75, 3.05) is 0 Å². The number of rotatable bonds is 7. The van der Waals surface area contributed by atoms with Crippen molar-refractivity contribution in [3.63, 3.8) is 0 Å². The average Bonchev–Trinajstić information content (AvgIpc) is 3.62. The molecule has 2 N–H and O–H groups in total. The second-order valence-electron chi connectivity index (χ2n) is 9.05. The molecule has 1 aromatic heterocycles. The van der Waals surface area contributed by atoms with Crippen molar-refractivity contribution in [1.29, 1.82) is 0 Å². The maximum atomic E-state index is 13.9. The summed E-state index contributed by atoms with van der Waals surface area (Å²) in [6.07, 6.45) is 8.16. The molecule has 1 aliphatic heterocycles. The summed E-state index contributed by atoms with van der Waals surface area (Å²) in [6.45, 7) is 2.08. The van der Waals surface area contributed by atoms with Crippen molar-refractivity contribution in [2.24, 2.45) is 0 Å². The van der Waals surface area contributed by atoms with Crippen molar-refractivity contribution in [3.05, 3.63) is 105 Å². The zero-order valence-corrected chi connectivity index (χ0v) is 20.1. The van der Waals surface area contributed by atoms with E-state index in [2.05, 4.69) is 29.4 Å². The Labute approximate surface area is 209 Å². The van der Waals surface area contributed by atoms with Crippen LogP contribution >= 0.6 is 11.6 Å². The number of fused-ring (bicyclic) bond motifs is 2. The molecular weight excluding hydrogens is 463 g/mol. The molecule has 4 nitrogen and oxygen atoms in total. The van der Waals surface area contributed by atoms with Crippen LogP contribution in [0.4, 0.5) is 4.39 Å². The van der Waals surface area contributed by atoms with E-state index in [1.807, 2.05) is 36.7 Å². The number of hydrogen-bond donors (Lipinski definition) is 2. The second kappa shape index (κ2) is 9.76. The number of aryl methyl sites for hydroxylation is 1. The van der Waals surface area contributed by atoms with Crippen LogP contribution in [0.1, 0.15) is 47.6 Å². The summed E-state index contributed by atoms with van der Waals surface area (Å²) < 4.78 is 13.9. The topological polar surface area (TPSA) is 72.1 Å². The Hall–Kier alpha value is -3.28. The van der Waals surface area contributed by atoms with Gasteiger partial charge in [-0.05, 0) is 88.1 Å². The Bertz CT molecular complexity index is 1350. The second-order valence-corrected chi connectivity index (χ2v) is 9.46.